The van der Waals surface area contributed by atoms with Gasteiger partial charge in [-0.05, 0) is 31.2 Å². The summed E-state index contributed by atoms with van der Waals surface area (Å²) >= 11 is 0. The molecule has 29 heavy (non-hydrogen) atoms. The lowest BCUT2D eigenvalue weighted by molar-refractivity contribution is -0.120. The third-order valence-corrected chi connectivity index (χ3v) is 4.52. The Bertz CT molecular complexity index is 1190. The SMILES string of the molecule is C[C@H](C(N)=O)n1ccc2c(NC(=O)Cc3cc(F)c(F)cc3F)cccc2c1=O. The maximum absolute atomic E-state index is 13.8. The molecule has 0 radical (unpaired) electrons. The molecule has 0 spiro atoms. The predicted molar refractivity (Wildman–Crippen MR) is 101 cm³/mol. The normalized spacial score (nSPS) is 12.0. The van der Waals surface area contributed by atoms with Crippen molar-refractivity contribution in [2.75, 3.05) is 5.32 Å². The van der Waals surface area contributed by atoms with Gasteiger partial charge in [0.1, 0.15) is 11.9 Å². The number of carbonyl (C=O) groups excluding carboxylic acids is 2. The average molecular weight is 403 g/mol. The first-order valence-electron chi connectivity index (χ1n) is 8.55. The van der Waals surface area contributed by atoms with Gasteiger partial charge in [0.05, 0.1) is 6.42 Å². The van der Waals surface area contributed by atoms with Crippen molar-refractivity contribution in [2.24, 2.45) is 5.73 Å². The van der Waals surface area contributed by atoms with E-state index in [1.165, 1.54) is 42.0 Å². The number of halogens is 3. The molecule has 2 aromatic carbocycles. The minimum absolute atomic E-state index is 0.234. The van der Waals surface area contributed by atoms with Crippen LogP contribution in [0, 0.1) is 17.5 Å². The Labute approximate surface area is 162 Å². The second-order valence-corrected chi connectivity index (χ2v) is 6.46. The van der Waals surface area contributed by atoms with Gasteiger partial charge in [0.15, 0.2) is 11.6 Å². The standard InChI is InChI=1S/C20H16F3N3O3/c1-10(19(24)28)26-6-5-12-13(20(26)29)3-2-4-17(12)25-18(27)8-11-7-15(22)16(23)9-14(11)21/h2-7,9-10H,8H2,1H3,(H2,24,28)(H,25,27)/t10-/m1/s1. The number of fused-ring (bicyclic) bond motifs is 1. The molecule has 0 fully saturated rings. The Morgan fingerprint density at radius 1 is 1.07 bits per heavy atom. The summed E-state index contributed by atoms with van der Waals surface area (Å²) in [5.41, 5.74) is 4.73. The fourth-order valence-corrected chi connectivity index (χ4v) is 2.91. The molecule has 0 aliphatic carbocycles. The van der Waals surface area contributed by atoms with Gasteiger partial charge in [-0.1, -0.05) is 6.07 Å². The lowest BCUT2D eigenvalue weighted by Crippen LogP contribution is -2.31. The molecule has 0 saturated carbocycles. The van der Waals surface area contributed by atoms with E-state index in [9.17, 15) is 27.6 Å². The van der Waals surface area contributed by atoms with Crippen molar-refractivity contribution in [2.45, 2.75) is 19.4 Å². The Kier molecular flexibility index (Phi) is 5.40. The van der Waals surface area contributed by atoms with Gasteiger partial charge in [0, 0.05) is 34.3 Å². The zero-order chi connectivity index (χ0) is 21.3. The fraction of sp³-hybridized carbons (Fsp3) is 0.150. The first-order valence-corrected chi connectivity index (χ1v) is 8.55. The molecule has 1 aromatic heterocycles. The van der Waals surface area contributed by atoms with Crippen molar-refractivity contribution in [1.29, 1.82) is 0 Å². The van der Waals surface area contributed by atoms with Gasteiger partial charge in [-0.3, -0.25) is 14.4 Å². The number of rotatable bonds is 5. The monoisotopic (exact) mass is 403 g/mol. The maximum Gasteiger partial charge on any atom is 0.259 e. The average Bonchev–Trinajstić information content (AvgIpc) is 2.66. The van der Waals surface area contributed by atoms with Crippen molar-refractivity contribution >= 4 is 28.3 Å². The number of nitrogens with zero attached hydrogens (tertiary/aromatic N) is 1. The number of hydrogen-bond acceptors (Lipinski definition) is 3. The van der Waals surface area contributed by atoms with Crippen LogP contribution >= 0.6 is 0 Å². The molecule has 3 N–H and O–H groups in total. The number of nitrogens with one attached hydrogen (secondary N) is 1. The largest absolute Gasteiger partial charge is 0.368 e. The lowest BCUT2D eigenvalue weighted by atomic mass is 10.1. The molecule has 1 heterocycles. The van der Waals surface area contributed by atoms with Crippen molar-refractivity contribution in [3.8, 4) is 0 Å². The van der Waals surface area contributed by atoms with Gasteiger partial charge < -0.3 is 15.6 Å². The van der Waals surface area contributed by atoms with Crippen LogP contribution in [0.3, 0.4) is 0 Å². The zero-order valence-corrected chi connectivity index (χ0v) is 15.2. The van der Waals surface area contributed by atoms with E-state index in [0.717, 1.165) is 0 Å². The van der Waals surface area contributed by atoms with Crippen LogP contribution < -0.4 is 16.6 Å². The smallest absolute Gasteiger partial charge is 0.259 e. The summed E-state index contributed by atoms with van der Waals surface area (Å²) in [7, 11) is 0. The molecule has 150 valence electrons. The molecular weight excluding hydrogens is 387 g/mol. The number of amides is 2. The van der Waals surface area contributed by atoms with Gasteiger partial charge in [0.2, 0.25) is 11.8 Å². The number of pyridine rings is 1. The van der Waals surface area contributed by atoms with Gasteiger partial charge in [-0.15, -0.1) is 0 Å². The van der Waals surface area contributed by atoms with Gasteiger partial charge in [-0.2, -0.15) is 0 Å². The molecule has 0 bridgehead atoms. The van der Waals surface area contributed by atoms with Crippen molar-refractivity contribution in [3.63, 3.8) is 0 Å². The van der Waals surface area contributed by atoms with Crippen LogP contribution in [0.4, 0.5) is 18.9 Å². The van der Waals surface area contributed by atoms with Crippen LogP contribution in [0.2, 0.25) is 0 Å². The first kappa shape index (κ1) is 20.1. The van der Waals surface area contributed by atoms with E-state index >= 15 is 0 Å². The number of carbonyl (C=O) groups is 2. The minimum Gasteiger partial charge on any atom is -0.368 e. The molecular formula is C20H16F3N3O3. The molecule has 1 atom stereocenters. The summed E-state index contributed by atoms with van der Waals surface area (Å²) in [5, 5.41) is 3.16. The molecule has 0 saturated heterocycles. The van der Waals surface area contributed by atoms with Gasteiger partial charge >= 0.3 is 0 Å². The Morgan fingerprint density at radius 3 is 2.45 bits per heavy atom. The highest BCUT2D eigenvalue weighted by atomic mass is 19.2. The van der Waals surface area contributed by atoms with Gasteiger partial charge in [0.25, 0.3) is 5.56 Å². The second kappa shape index (κ2) is 7.78. The highest BCUT2D eigenvalue weighted by Crippen LogP contribution is 2.22. The lowest BCUT2D eigenvalue weighted by Gasteiger charge is -2.14. The molecule has 0 aliphatic rings. The summed E-state index contributed by atoms with van der Waals surface area (Å²) in [5.74, 6) is -5.01. The van der Waals surface area contributed by atoms with Crippen molar-refractivity contribution < 1.29 is 22.8 Å². The highest BCUT2D eigenvalue weighted by molar-refractivity contribution is 6.02. The second-order valence-electron chi connectivity index (χ2n) is 6.46. The topological polar surface area (TPSA) is 94.2 Å². The number of aromatic nitrogens is 1. The molecule has 3 aromatic rings. The van der Waals surface area contributed by atoms with Crippen LogP contribution in [-0.4, -0.2) is 16.4 Å². The van der Waals surface area contributed by atoms with E-state index in [1.807, 2.05) is 0 Å². The molecule has 9 heteroatoms. The summed E-state index contributed by atoms with van der Waals surface area (Å²) in [6.07, 6.45) is 0.847. The maximum atomic E-state index is 13.8. The Balaban J connectivity index is 1.92. The molecule has 2 amide bonds. The molecule has 3 rings (SSSR count). The summed E-state index contributed by atoms with van der Waals surface area (Å²) in [6.45, 7) is 1.48. The van der Waals surface area contributed by atoms with Crippen molar-refractivity contribution in [3.05, 3.63) is 76.0 Å². The number of primary amides is 1. The predicted octanol–water partition coefficient (Wildman–Crippen LogP) is 2.65. The first-order chi connectivity index (χ1) is 13.7. The Morgan fingerprint density at radius 2 is 1.76 bits per heavy atom. The van der Waals surface area contributed by atoms with E-state index < -0.39 is 47.3 Å². The van der Waals surface area contributed by atoms with Crippen LogP contribution in [0.1, 0.15) is 18.5 Å². The summed E-state index contributed by atoms with van der Waals surface area (Å²) < 4.78 is 41.3. The summed E-state index contributed by atoms with van der Waals surface area (Å²) in [4.78, 5) is 36.3. The Hall–Kier alpha value is -3.62. The van der Waals surface area contributed by atoms with E-state index in [2.05, 4.69) is 5.32 Å². The molecule has 0 unspecified atom stereocenters. The van der Waals surface area contributed by atoms with Crippen molar-refractivity contribution in [1.82, 2.24) is 4.57 Å². The third kappa shape index (κ3) is 3.98. The number of anilines is 1. The van der Waals surface area contributed by atoms with E-state index in [-0.39, 0.29) is 16.6 Å². The molecule has 0 aliphatic heterocycles. The quantitative estimate of drug-likeness (QED) is 0.642. The number of benzene rings is 2. The van der Waals surface area contributed by atoms with E-state index in [4.69, 9.17) is 5.73 Å². The van der Waals surface area contributed by atoms with Crippen LogP contribution in [0.5, 0.6) is 0 Å². The fourth-order valence-electron chi connectivity index (χ4n) is 2.91. The highest BCUT2D eigenvalue weighted by Gasteiger charge is 2.17. The van der Waals surface area contributed by atoms with Crippen LogP contribution in [0.15, 0.2) is 47.4 Å². The summed E-state index contributed by atoms with van der Waals surface area (Å²) in [6, 6.07) is 6.24. The van der Waals surface area contributed by atoms with E-state index in [0.29, 0.717) is 17.5 Å². The zero-order valence-electron chi connectivity index (χ0n) is 15.2. The number of hydrogen-bond donors (Lipinski definition) is 2. The number of nitrogens with two attached hydrogens (primary N) is 1. The van der Waals surface area contributed by atoms with E-state index in [1.54, 1.807) is 0 Å². The molecule has 6 nitrogen and oxygen atoms in total. The third-order valence-electron chi connectivity index (χ3n) is 4.52. The van der Waals surface area contributed by atoms with Crippen LogP contribution in [-0.2, 0) is 16.0 Å². The van der Waals surface area contributed by atoms with Gasteiger partial charge in [-0.25, -0.2) is 13.2 Å². The minimum atomic E-state index is -1.35. The van der Waals surface area contributed by atoms with Crippen LogP contribution in [0.25, 0.3) is 10.8 Å².